The molecule has 1 atom stereocenters. The molecule has 1 aliphatic carbocycles. The van der Waals surface area contributed by atoms with Crippen molar-refractivity contribution in [1.29, 1.82) is 0 Å². The first-order chi connectivity index (χ1) is 19.3. The van der Waals surface area contributed by atoms with Crippen LogP contribution < -0.4 is 15.4 Å². The number of hydrogen-bond acceptors (Lipinski definition) is 8. The fourth-order valence-electron chi connectivity index (χ4n) is 5.13. The van der Waals surface area contributed by atoms with Gasteiger partial charge in [-0.3, -0.25) is 19.7 Å². The van der Waals surface area contributed by atoms with Gasteiger partial charge in [-0.25, -0.2) is 14.2 Å². The lowest BCUT2D eigenvalue weighted by Crippen LogP contribution is -2.52. The number of amides is 4. The minimum Gasteiger partial charge on any atom is -0.446 e. The Labute approximate surface area is 233 Å². The van der Waals surface area contributed by atoms with Gasteiger partial charge in [0.25, 0.3) is 5.91 Å². The summed E-state index contributed by atoms with van der Waals surface area (Å²) in [4.78, 5) is 53.7. The third-order valence-electron chi connectivity index (χ3n) is 7.09. The van der Waals surface area contributed by atoms with Crippen LogP contribution in [0, 0.1) is 5.82 Å². The molecule has 0 spiro atoms. The number of hydrogen-bond donors (Lipinski definition) is 3. The number of halogens is 5. The van der Waals surface area contributed by atoms with Crippen LogP contribution in [-0.4, -0.2) is 57.3 Å². The second-order valence-electron chi connectivity index (χ2n) is 9.81. The van der Waals surface area contributed by atoms with E-state index in [1.54, 1.807) is 0 Å². The van der Waals surface area contributed by atoms with Gasteiger partial charge >= 0.3 is 12.5 Å². The molecular weight excluding hydrogens is 580 g/mol. The smallest absolute Gasteiger partial charge is 0.446 e. The van der Waals surface area contributed by atoms with Crippen molar-refractivity contribution in [2.24, 2.45) is 0 Å². The standard InChI is InChI=1S/C25H21ClF4N4O7/c26-15-6-11(19(27)18-13(15)10-34(22(18)37)16-3-4-17(35)33-20(16)36)9-32-23(38)40-12-7-24(39,8-12)14-2-1-5-31-21(14)41-25(28,29)30/h1-2,5-6,12,16,39H,3-4,7-10H2,(H,32,38)(H,33,35,36)/t12?,16-,24?/m0/s1. The van der Waals surface area contributed by atoms with Gasteiger partial charge in [-0.05, 0) is 24.6 Å². The number of ether oxygens (including phenoxy) is 2. The number of nitrogens with zero attached hydrogens (tertiary/aromatic N) is 2. The average molecular weight is 601 g/mol. The maximum absolute atomic E-state index is 15.4. The Morgan fingerprint density at radius 3 is 2.71 bits per heavy atom. The highest BCUT2D eigenvalue weighted by molar-refractivity contribution is 6.32. The Hall–Kier alpha value is -3.98. The highest BCUT2D eigenvalue weighted by Gasteiger charge is 2.49. The third kappa shape index (κ3) is 5.63. The van der Waals surface area contributed by atoms with Gasteiger partial charge in [-0.15, -0.1) is 13.2 Å². The number of rotatable bonds is 6. The van der Waals surface area contributed by atoms with E-state index in [1.165, 1.54) is 18.2 Å². The molecule has 41 heavy (non-hydrogen) atoms. The average Bonchev–Trinajstić information content (AvgIpc) is 3.21. The van der Waals surface area contributed by atoms with E-state index in [1.807, 2.05) is 0 Å². The SMILES string of the molecule is O=C1CC[C@H](N2Cc3c(Cl)cc(CNC(=O)OC4CC(O)(c5cccnc5OC(F)(F)F)C4)c(F)c3C2=O)C(=O)N1. The van der Waals surface area contributed by atoms with E-state index in [-0.39, 0.29) is 59.5 Å². The number of pyridine rings is 1. The van der Waals surface area contributed by atoms with Crippen LogP contribution in [0.1, 0.15) is 52.7 Å². The maximum atomic E-state index is 15.4. The molecule has 2 aromatic rings. The number of alkyl halides is 3. The molecule has 11 nitrogen and oxygen atoms in total. The molecular formula is C25H21ClF4N4O7. The van der Waals surface area contributed by atoms with Crippen molar-refractivity contribution in [2.45, 2.75) is 62.9 Å². The summed E-state index contributed by atoms with van der Waals surface area (Å²) in [6, 6.07) is 2.79. The summed E-state index contributed by atoms with van der Waals surface area (Å²) in [7, 11) is 0. The third-order valence-corrected chi connectivity index (χ3v) is 7.43. The van der Waals surface area contributed by atoms with E-state index in [4.69, 9.17) is 16.3 Å². The zero-order chi connectivity index (χ0) is 29.7. The highest BCUT2D eigenvalue weighted by atomic mass is 35.5. The summed E-state index contributed by atoms with van der Waals surface area (Å²) >= 11 is 6.29. The summed E-state index contributed by atoms with van der Waals surface area (Å²) in [6.07, 6.45) is -6.24. The molecule has 16 heteroatoms. The van der Waals surface area contributed by atoms with Crippen LogP contribution in [-0.2, 0) is 33.0 Å². The van der Waals surface area contributed by atoms with Gasteiger partial charge in [-0.1, -0.05) is 11.6 Å². The van der Waals surface area contributed by atoms with Crippen molar-refractivity contribution in [3.05, 3.63) is 57.5 Å². The van der Waals surface area contributed by atoms with Crippen LogP contribution in [0.5, 0.6) is 5.88 Å². The molecule has 218 valence electrons. The Morgan fingerprint density at radius 1 is 1.29 bits per heavy atom. The normalized spacial score (nSPS) is 24.0. The summed E-state index contributed by atoms with van der Waals surface area (Å²) in [6.45, 7) is -0.574. The number of fused-ring (bicyclic) bond motifs is 1. The van der Waals surface area contributed by atoms with Crippen molar-refractivity contribution in [3.63, 3.8) is 0 Å². The van der Waals surface area contributed by atoms with Crippen LogP contribution in [0.25, 0.3) is 0 Å². The van der Waals surface area contributed by atoms with Gasteiger partial charge in [0.05, 0.1) is 5.56 Å². The number of aromatic nitrogens is 1. The molecule has 2 aliphatic heterocycles. The summed E-state index contributed by atoms with van der Waals surface area (Å²) in [5.41, 5.74) is -2.32. The number of alkyl carbamates (subject to hydrolysis) is 1. The Kier molecular flexibility index (Phi) is 7.27. The van der Waals surface area contributed by atoms with Crippen molar-refractivity contribution >= 4 is 35.4 Å². The molecule has 0 radical (unpaired) electrons. The number of imide groups is 1. The van der Waals surface area contributed by atoms with Crippen molar-refractivity contribution in [3.8, 4) is 5.88 Å². The minimum absolute atomic E-state index is 0.0210. The fraction of sp³-hybridized carbons (Fsp3) is 0.400. The number of benzene rings is 1. The monoisotopic (exact) mass is 600 g/mol. The second-order valence-corrected chi connectivity index (χ2v) is 10.2. The Balaban J connectivity index is 1.20. The molecule has 3 N–H and O–H groups in total. The lowest BCUT2D eigenvalue weighted by atomic mass is 9.73. The molecule has 4 amide bonds. The van der Waals surface area contributed by atoms with E-state index in [0.29, 0.717) is 0 Å². The predicted octanol–water partition coefficient (Wildman–Crippen LogP) is 2.81. The van der Waals surface area contributed by atoms with Gasteiger partial charge in [-0.2, -0.15) is 0 Å². The highest BCUT2D eigenvalue weighted by Crippen LogP contribution is 2.46. The number of carbonyl (C=O) groups is 4. The quantitative estimate of drug-likeness (QED) is 0.339. The molecule has 1 aromatic heterocycles. The number of nitrogens with one attached hydrogen (secondary N) is 2. The molecule has 3 aliphatic rings. The first-order valence-corrected chi connectivity index (χ1v) is 12.7. The van der Waals surface area contributed by atoms with Crippen LogP contribution in [0.2, 0.25) is 5.02 Å². The van der Waals surface area contributed by atoms with E-state index >= 15 is 4.39 Å². The predicted molar refractivity (Wildman–Crippen MR) is 129 cm³/mol. The van der Waals surface area contributed by atoms with Gasteiger partial charge in [0, 0.05) is 60.3 Å². The number of piperidine rings is 1. The molecule has 0 unspecified atom stereocenters. The molecule has 3 heterocycles. The number of carbonyl (C=O) groups excluding carboxylic acids is 4. The van der Waals surface area contributed by atoms with Crippen molar-refractivity contribution in [2.75, 3.05) is 0 Å². The fourth-order valence-corrected chi connectivity index (χ4v) is 5.42. The Bertz CT molecular complexity index is 1450. The second kappa shape index (κ2) is 10.4. The Morgan fingerprint density at radius 2 is 2.02 bits per heavy atom. The minimum atomic E-state index is -5.03. The van der Waals surface area contributed by atoms with Crippen molar-refractivity contribution < 1.29 is 51.3 Å². The van der Waals surface area contributed by atoms with Crippen LogP contribution in [0.4, 0.5) is 22.4 Å². The summed E-state index contributed by atoms with van der Waals surface area (Å²) in [5.74, 6) is -3.68. The zero-order valence-corrected chi connectivity index (χ0v) is 21.6. The molecule has 0 bridgehead atoms. The van der Waals surface area contributed by atoms with Crippen LogP contribution in [0.15, 0.2) is 24.4 Å². The molecule has 1 aromatic carbocycles. The largest absolute Gasteiger partial charge is 0.574 e. The van der Waals surface area contributed by atoms with Gasteiger partial charge in [0.1, 0.15) is 23.6 Å². The molecule has 1 saturated carbocycles. The summed E-state index contributed by atoms with van der Waals surface area (Å²) in [5, 5.41) is 15.2. The lowest BCUT2D eigenvalue weighted by molar-refractivity contribution is -0.277. The van der Waals surface area contributed by atoms with Crippen LogP contribution >= 0.6 is 11.6 Å². The zero-order valence-electron chi connectivity index (χ0n) is 20.9. The number of aliphatic hydroxyl groups is 1. The van der Waals surface area contributed by atoms with E-state index < -0.39 is 66.2 Å². The van der Waals surface area contributed by atoms with E-state index in [9.17, 15) is 37.5 Å². The molecule has 1 saturated heterocycles. The van der Waals surface area contributed by atoms with Gasteiger partial charge < -0.3 is 24.8 Å². The first kappa shape index (κ1) is 28.5. The van der Waals surface area contributed by atoms with Crippen LogP contribution in [0.3, 0.4) is 0 Å². The molecule has 5 rings (SSSR count). The van der Waals surface area contributed by atoms with Gasteiger partial charge in [0.2, 0.25) is 17.7 Å². The first-order valence-electron chi connectivity index (χ1n) is 12.3. The summed E-state index contributed by atoms with van der Waals surface area (Å²) < 4.78 is 62.4. The molecule has 2 fully saturated rings. The van der Waals surface area contributed by atoms with Crippen molar-refractivity contribution in [1.82, 2.24) is 20.5 Å². The van der Waals surface area contributed by atoms with E-state index in [0.717, 1.165) is 11.1 Å². The van der Waals surface area contributed by atoms with Gasteiger partial charge in [0.15, 0.2) is 0 Å². The van der Waals surface area contributed by atoms with E-state index in [2.05, 4.69) is 20.4 Å². The maximum Gasteiger partial charge on any atom is 0.574 e. The topological polar surface area (TPSA) is 147 Å². The lowest BCUT2D eigenvalue weighted by Gasteiger charge is -2.43.